The maximum atomic E-state index is 10.5. The molecule has 0 unspecified atom stereocenters. The van der Waals surface area contributed by atoms with Crippen LogP contribution in [0.15, 0.2) is 16.3 Å². The maximum absolute atomic E-state index is 10.5. The molecule has 0 rings (SSSR count). The van der Waals surface area contributed by atoms with Crippen molar-refractivity contribution in [1.29, 1.82) is 5.26 Å². The van der Waals surface area contributed by atoms with Crippen molar-refractivity contribution in [3.05, 3.63) is 11.3 Å². The van der Waals surface area contributed by atoms with E-state index in [9.17, 15) is 4.79 Å². The average molecular weight is 196 g/mol. The van der Waals surface area contributed by atoms with E-state index in [0.29, 0.717) is 11.9 Å². The molecule has 0 aliphatic heterocycles. The van der Waals surface area contributed by atoms with Crippen molar-refractivity contribution in [3.8, 4) is 6.07 Å². The summed E-state index contributed by atoms with van der Waals surface area (Å²) < 4.78 is 9.73. The first kappa shape index (κ1) is 12.3. The van der Waals surface area contributed by atoms with E-state index in [4.69, 9.17) is 10.00 Å². The van der Waals surface area contributed by atoms with E-state index in [-0.39, 0.29) is 18.3 Å². The van der Waals surface area contributed by atoms with Crippen LogP contribution in [0.1, 0.15) is 6.92 Å². The standard InChI is InChI=1S/C9H12N2O3/c1-7(5-12)9(14-6-13-3)8(4-10)11-2/h5H,6H2,1-3H3/b9-7-,11-8?. The first-order valence-electron chi connectivity index (χ1n) is 3.86. The van der Waals surface area contributed by atoms with Gasteiger partial charge in [0.15, 0.2) is 18.3 Å². The molecule has 5 nitrogen and oxygen atoms in total. The summed E-state index contributed by atoms with van der Waals surface area (Å²) >= 11 is 0. The van der Waals surface area contributed by atoms with Gasteiger partial charge in [0.25, 0.3) is 0 Å². The minimum Gasteiger partial charge on any atom is -0.464 e. The molecule has 0 aromatic rings. The van der Waals surface area contributed by atoms with Gasteiger partial charge in [0.05, 0.1) is 0 Å². The molecule has 0 amide bonds. The fraction of sp³-hybridized carbons (Fsp3) is 0.444. The Labute approximate surface area is 82.6 Å². The Balaban J connectivity index is 4.93. The molecular formula is C9H12N2O3. The number of methoxy groups -OCH3 is 1. The molecule has 0 bridgehead atoms. The number of carbonyl (C=O) groups is 1. The number of rotatable bonds is 5. The molecule has 0 saturated heterocycles. The van der Waals surface area contributed by atoms with E-state index in [1.807, 2.05) is 6.07 Å². The summed E-state index contributed by atoms with van der Waals surface area (Å²) in [5.41, 5.74) is 0.385. The molecule has 0 aliphatic carbocycles. The minimum atomic E-state index is -0.0266. The van der Waals surface area contributed by atoms with E-state index in [1.54, 1.807) is 6.92 Å². The molecule has 0 spiro atoms. The maximum Gasteiger partial charge on any atom is 0.188 e. The van der Waals surface area contributed by atoms with Crippen molar-refractivity contribution in [2.24, 2.45) is 4.99 Å². The van der Waals surface area contributed by atoms with Gasteiger partial charge in [-0.3, -0.25) is 9.79 Å². The topological polar surface area (TPSA) is 71.7 Å². The van der Waals surface area contributed by atoms with Gasteiger partial charge >= 0.3 is 0 Å². The van der Waals surface area contributed by atoms with Crippen LogP contribution in [0.3, 0.4) is 0 Å². The fourth-order valence-corrected chi connectivity index (χ4v) is 0.743. The molecule has 0 saturated carbocycles. The molecule has 5 heteroatoms. The lowest BCUT2D eigenvalue weighted by atomic mass is 10.2. The van der Waals surface area contributed by atoms with Crippen LogP contribution in [0.2, 0.25) is 0 Å². The molecule has 0 atom stereocenters. The molecule has 0 aliphatic rings. The summed E-state index contributed by atoms with van der Waals surface area (Å²) in [7, 11) is 2.90. The number of carbonyl (C=O) groups excluding carboxylic acids is 1. The van der Waals surface area contributed by atoms with Gasteiger partial charge in [0.1, 0.15) is 12.4 Å². The molecule has 76 valence electrons. The summed E-state index contributed by atoms with van der Waals surface area (Å²) in [5, 5.41) is 8.69. The van der Waals surface area contributed by atoms with Crippen molar-refractivity contribution >= 4 is 12.0 Å². The Kier molecular flexibility index (Phi) is 5.99. The van der Waals surface area contributed by atoms with Crippen LogP contribution < -0.4 is 0 Å². The van der Waals surface area contributed by atoms with Gasteiger partial charge in [-0.25, -0.2) is 0 Å². The number of ether oxygens (including phenoxy) is 2. The summed E-state index contributed by atoms with van der Waals surface area (Å²) in [4.78, 5) is 14.2. The van der Waals surface area contributed by atoms with Crippen LogP contribution >= 0.6 is 0 Å². The second-order valence-electron chi connectivity index (χ2n) is 2.36. The zero-order valence-corrected chi connectivity index (χ0v) is 8.40. The number of aldehydes is 1. The van der Waals surface area contributed by atoms with Crippen molar-refractivity contribution in [2.75, 3.05) is 21.0 Å². The SMILES string of the molecule is CN=C(C#N)/C(OCOC)=C(\C)C=O. The minimum absolute atomic E-state index is 0.0266. The molecule has 0 fully saturated rings. The Hall–Kier alpha value is -1.67. The number of hydrogen-bond donors (Lipinski definition) is 0. The largest absolute Gasteiger partial charge is 0.464 e. The van der Waals surface area contributed by atoms with Crippen LogP contribution in [0, 0.1) is 11.3 Å². The van der Waals surface area contributed by atoms with Crippen molar-refractivity contribution in [3.63, 3.8) is 0 Å². The zero-order valence-electron chi connectivity index (χ0n) is 8.40. The zero-order chi connectivity index (χ0) is 11.0. The summed E-state index contributed by atoms with van der Waals surface area (Å²) in [5.74, 6) is 0.159. The highest BCUT2D eigenvalue weighted by atomic mass is 16.7. The smallest absolute Gasteiger partial charge is 0.188 e. The van der Waals surface area contributed by atoms with Gasteiger partial charge in [-0.2, -0.15) is 5.26 Å². The van der Waals surface area contributed by atoms with Gasteiger partial charge < -0.3 is 9.47 Å². The van der Waals surface area contributed by atoms with Crippen LogP contribution in [0.4, 0.5) is 0 Å². The molecule has 0 heterocycles. The average Bonchev–Trinajstić information content (AvgIpc) is 2.23. The van der Waals surface area contributed by atoms with Gasteiger partial charge in [-0.1, -0.05) is 0 Å². The van der Waals surface area contributed by atoms with Gasteiger partial charge in [0, 0.05) is 19.7 Å². The first-order chi connectivity index (χ1) is 6.71. The fourth-order valence-electron chi connectivity index (χ4n) is 0.743. The predicted molar refractivity (Wildman–Crippen MR) is 50.7 cm³/mol. The van der Waals surface area contributed by atoms with Crippen LogP contribution in [0.5, 0.6) is 0 Å². The molecule has 0 aromatic heterocycles. The highest BCUT2D eigenvalue weighted by Crippen LogP contribution is 2.06. The third kappa shape index (κ3) is 3.37. The Morgan fingerprint density at radius 1 is 1.64 bits per heavy atom. The summed E-state index contributed by atoms with van der Waals surface area (Å²) in [6.45, 7) is 1.52. The lowest BCUT2D eigenvalue weighted by Gasteiger charge is -2.08. The Morgan fingerprint density at radius 2 is 2.29 bits per heavy atom. The van der Waals surface area contributed by atoms with E-state index < -0.39 is 0 Å². The van der Waals surface area contributed by atoms with E-state index in [1.165, 1.54) is 14.2 Å². The first-order valence-corrected chi connectivity index (χ1v) is 3.86. The third-order valence-electron chi connectivity index (χ3n) is 1.40. The van der Waals surface area contributed by atoms with Crippen molar-refractivity contribution < 1.29 is 14.3 Å². The monoisotopic (exact) mass is 196 g/mol. The summed E-state index contributed by atoms with van der Waals surface area (Å²) in [6.07, 6.45) is 0.605. The lowest BCUT2D eigenvalue weighted by molar-refractivity contribution is -0.105. The predicted octanol–water partition coefficient (Wildman–Crippen LogP) is 0.674. The highest BCUT2D eigenvalue weighted by Gasteiger charge is 2.10. The molecule has 0 N–H and O–H groups in total. The van der Waals surface area contributed by atoms with Crippen LogP contribution in [-0.4, -0.2) is 32.9 Å². The Bertz CT molecular complexity index is 300. The van der Waals surface area contributed by atoms with Crippen molar-refractivity contribution in [1.82, 2.24) is 0 Å². The van der Waals surface area contributed by atoms with Crippen LogP contribution in [0.25, 0.3) is 0 Å². The van der Waals surface area contributed by atoms with Gasteiger partial charge in [-0.05, 0) is 6.92 Å². The Morgan fingerprint density at radius 3 is 2.64 bits per heavy atom. The lowest BCUT2D eigenvalue weighted by Crippen LogP contribution is -2.09. The van der Waals surface area contributed by atoms with E-state index >= 15 is 0 Å². The van der Waals surface area contributed by atoms with Gasteiger partial charge in [0.2, 0.25) is 0 Å². The number of nitrogens with zero attached hydrogens (tertiary/aromatic N) is 2. The highest BCUT2D eigenvalue weighted by molar-refractivity contribution is 6.12. The molecule has 0 aromatic carbocycles. The number of nitriles is 1. The molecule has 0 radical (unpaired) electrons. The van der Waals surface area contributed by atoms with E-state index in [2.05, 4.69) is 9.73 Å². The number of hydrogen-bond acceptors (Lipinski definition) is 5. The molecular weight excluding hydrogens is 184 g/mol. The summed E-state index contributed by atoms with van der Waals surface area (Å²) in [6, 6.07) is 1.83. The normalized spacial score (nSPS) is 12.9. The third-order valence-corrected chi connectivity index (χ3v) is 1.40. The van der Waals surface area contributed by atoms with Crippen LogP contribution in [-0.2, 0) is 14.3 Å². The number of allylic oxidation sites excluding steroid dienone is 2. The number of aliphatic imine (C=N–C) groups is 1. The molecule has 14 heavy (non-hydrogen) atoms. The second-order valence-corrected chi connectivity index (χ2v) is 2.36. The van der Waals surface area contributed by atoms with Crippen molar-refractivity contribution in [2.45, 2.75) is 6.92 Å². The quantitative estimate of drug-likeness (QED) is 0.213. The van der Waals surface area contributed by atoms with E-state index in [0.717, 1.165) is 0 Å². The van der Waals surface area contributed by atoms with Gasteiger partial charge in [-0.15, -0.1) is 0 Å². The second kappa shape index (κ2) is 6.80.